The largest absolute Gasteiger partial charge is 0.350 e. The molecule has 96 valence electrons. The van der Waals surface area contributed by atoms with Gasteiger partial charge in [0.1, 0.15) is 5.82 Å². The maximum absolute atomic E-state index is 12.7. The Balaban J connectivity index is 1.84. The quantitative estimate of drug-likeness (QED) is 0.816. The second-order valence-electron chi connectivity index (χ2n) is 4.73. The van der Waals surface area contributed by atoms with Crippen molar-refractivity contribution in [1.82, 2.24) is 5.32 Å². The van der Waals surface area contributed by atoms with Crippen molar-refractivity contribution < 1.29 is 9.18 Å². The molecule has 1 aliphatic carbocycles. The van der Waals surface area contributed by atoms with Gasteiger partial charge in [0.25, 0.3) is 0 Å². The van der Waals surface area contributed by atoms with Crippen LogP contribution in [0.3, 0.4) is 0 Å². The van der Waals surface area contributed by atoms with Crippen LogP contribution in [-0.4, -0.2) is 11.9 Å². The predicted octanol–water partition coefficient (Wildman–Crippen LogP) is 3.29. The zero-order valence-electron chi connectivity index (χ0n) is 10.4. The fraction of sp³-hybridized carbons (Fsp3) is 0.400. The van der Waals surface area contributed by atoms with E-state index in [4.69, 9.17) is 0 Å². The van der Waals surface area contributed by atoms with Crippen LogP contribution in [0.25, 0.3) is 6.08 Å². The van der Waals surface area contributed by atoms with Gasteiger partial charge in [-0.05, 0) is 36.6 Å². The monoisotopic (exact) mass is 247 g/mol. The van der Waals surface area contributed by atoms with Gasteiger partial charge in [0, 0.05) is 12.1 Å². The Morgan fingerprint density at radius 3 is 2.50 bits per heavy atom. The number of hydrogen-bond donors (Lipinski definition) is 1. The van der Waals surface area contributed by atoms with Crippen LogP contribution in [0.15, 0.2) is 30.3 Å². The summed E-state index contributed by atoms with van der Waals surface area (Å²) in [6.07, 6.45) is 9.06. The van der Waals surface area contributed by atoms with Crippen molar-refractivity contribution in [2.45, 2.75) is 38.1 Å². The number of benzene rings is 1. The minimum atomic E-state index is -0.265. The van der Waals surface area contributed by atoms with Gasteiger partial charge in [0.2, 0.25) is 5.91 Å². The number of carbonyl (C=O) groups excluding carboxylic acids is 1. The first-order chi connectivity index (χ1) is 8.74. The topological polar surface area (TPSA) is 29.1 Å². The van der Waals surface area contributed by atoms with E-state index in [2.05, 4.69) is 5.32 Å². The number of halogens is 1. The second-order valence-corrected chi connectivity index (χ2v) is 4.73. The molecule has 1 saturated carbocycles. The molecule has 0 unspecified atom stereocenters. The lowest BCUT2D eigenvalue weighted by Crippen LogP contribution is -2.34. The predicted molar refractivity (Wildman–Crippen MR) is 70.4 cm³/mol. The molecule has 1 aliphatic rings. The van der Waals surface area contributed by atoms with Crippen LogP contribution in [0, 0.1) is 5.82 Å². The highest BCUT2D eigenvalue weighted by Crippen LogP contribution is 2.17. The smallest absolute Gasteiger partial charge is 0.244 e. The van der Waals surface area contributed by atoms with Crippen molar-refractivity contribution in [3.63, 3.8) is 0 Å². The first-order valence-electron chi connectivity index (χ1n) is 6.48. The summed E-state index contributed by atoms with van der Waals surface area (Å²) in [5.41, 5.74) is 0.829. The Kier molecular flexibility index (Phi) is 4.51. The molecule has 0 bridgehead atoms. The van der Waals surface area contributed by atoms with E-state index in [9.17, 15) is 9.18 Å². The summed E-state index contributed by atoms with van der Waals surface area (Å²) < 4.78 is 12.7. The van der Waals surface area contributed by atoms with Crippen molar-refractivity contribution in [2.24, 2.45) is 0 Å². The summed E-state index contributed by atoms with van der Waals surface area (Å²) >= 11 is 0. The highest BCUT2D eigenvalue weighted by Gasteiger charge is 2.13. The van der Waals surface area contributed by atoms with E-state index >= 15 is 0 Å². The number of hydrogen-bond acceptors (Lipinski definition) is 1. The Bertz CT molecular complexity index is 419. The Morgan fingerprint density at radius 2 is 1.83 bits per heavy atom. The van der Waals surface area contributed by atoms with Gasteiger partial charge in [-0.15, -0.1) is 0 Å². The van der Waals surface area contributed by atoms with Gasteiger partial charge in [-0.3, -0.25) is 4.79 Å². The molecule has 2 nitrogen and oxygen atoms in total. The standard InChI is InChI=1S/C15H18FNO/c16-13-9-6-12(7-10-13)8-11-15(18)17-14-4-2-1-3-5-14/h6-11,14H,1-5H2,(H,17,18)/b11-8+. The zero-order chi connectivity index (χ0) is 12.8. The minimum absolute atomic E-state index is 0.0637. The molecule has 2 rings (SSSR count). The highest BCUT2D eigenvalue weighted by atomic mass is 19.1. The van der Waals surface area contributed by atoms with Crippen molar-refractivity contribution in [2.75, 3.05) is 0 Å². The van der Waals surface area contributed by atoms with Crippen molar-refractivity contribution in [1.29, 1.82) is 0 Å². The summed E-state index contributed by atoms with van der Waals surface area (Å²) in [6, 6.07) is 6.40. The minimum Gasteiger partial charge on any atom is -0.350 e. The van der Waals surface area contributed by atoms with E-state index in [1.165, 1.54) is 37.5 Å². The molecule has 18 heavy (non-hydrogen) atoms. The lowest BCUT2D eigenvalue weighted by molar-refractivity contribution is -0.117. The first-order valence-corrected chi connectivity index (χ1v) is 6.48. The lowest BCUT2D eigenvalue weighted by atomic mass is 9.95. The van der Waals surface area contributed by atoms with Gasteiger partial charge in [-0.25, -0.2) is 4.39 Å². The first kappa shape index (κ1) is 12.8. The van der Waals surface area contributed by atoms with Crippen LogP contribution in [0.4, 0.5) is 4.39 Å². The van der Waals surface area contributed by atoms with Gasteiger partial charge in [-0.1, -0.05) is 31.4 Å². The summed E-state index contributed by atoms with van der Waals surface area (Å²) in [5.74, 6) is -0.329. The van der Waals surface area contributed by atoms with Crippen LogP contribution in [0.2, 0.25) is 0 Å². The number of rotatable bonds is 3. The molecular formula is C15H18FNO. The van der Waals surface area contributed by atoms with E-state index in [1.54, 1.807) is 18.2 Å². The molecule has 0 aromatic heterocycles. The van der Waals surface area contributed by atoms with E-state index in [0.29, 0.717) is 6.04 Å². The highest BCUT2D eigenvalue weighted by molar-refractivity contribution is 5.91. The molecular weight excluding hydrogens is 229 g/mol. The molecule has 0 spiro atoms. The van der Waals surface area contributed by atoms with Crippen LogP contribution in [0.5, 0.6) is 0 Å². The van der Waals surface area contributed by atoms with Gasteiger partial charge in [0.15, 0.2) is 0 Å². The van der Waals surface area contributed by atoms with Gasteiger partial charge < -0.3 is 5.32 Å². The van der Waals surface area contributed by atoms with Crippen LogP contribution in [0.1, 0.15) is 37.7 Å². The SMILES string of the molecule is O=C(/C=C/c1ccc(F)cc1)NC1CCCCC1. The molecule has 1 amide bonds. The Labute approximate surface area is 107 Å². The summed E-state index contributed by atoms with van der Waals surface area (Å²) in [6.45, 7) is 0. The maximum atomic E-state index is 12.7. The molecule has 1 aromatic carbocycles. The number of carbonyl (C=O) groups is 1. The van der Waals surface area contributed by atoms with Crippen LogP contribution >= 0.6 is 0 Å². The molecule has 3 heteroatoms. The third-order valence-corrected chi connectivity index (χ3v) is 3.25. The molecule has 0 radical (unpaired) electrons. The van der Waals surface area contributed by atoms with Crippen molar-refractivity contribution in [3.8, 4) is 0 Å². The fourth-order valence-electron chi connectivity index (χ4n) is 2.24. The third-order valence-electron chi connectivity index (χ3n) is 3.25. The van der Waals surface area contributed by atoms with E-state index < -0.39 is 0 Å². The Hall–Kier alpha value is -1.64. The lowest BCUT2D eigenvalue weighted by Gasteiger charge is -2.21. The molecule has 0 saturated heterocycles. The van der Waals surface area contributed by atoms with E-state index in [-0.39, 0.29) is 11.7 Å². The second kappa shape index (κ2) is 6.34. The van der Waals surface area contributed by atoms with Crippen LogP contribution in [-0.2, 0) is 4.79 Å². The molecule has 1 N–H and O–H groups in total. The zero-order valence-corrected chi connectivity index (χ0v) is 10.4. The summed E-state index contributed by atoms with van der Waals surface area (Å²) in [7, 11) is 0. The van der Waals surface area contributed by atoms with Crippen molar-refractivity contribution >= 4 is 12.0 Å². The van der Waals surface area contributed by atoms with Crippen molar-refractivity contribution in [3.05, 3.63) is 41.7 Å². The summed E-state index contributed by atoms with van der Waals surface area (Å²) in [5, 5.41) is 3.00. The normalized spacial score (nSPS) is 16.9. The average Bonchev–Trinajstić information content (AvgIpc) is 2.39. The third kappa shape index (κ3) is 3.99. The van der Waals surface area contributed by atoms with E-state index in [0.717, 1.165) is 18.4 Å². The van der Waals surface area contributed by atoms with Crippen LogP contribution < -0.4 is 5.32 Å². The molecule has 1 fully saturated rings. The van der Waals surface area contributed by atoms with E-state index in [1.807, 2.05) is 0 Å². The molecule has 0 heterocycles. The molecule has 0 aliphatic heterocycles. The molecule has 0 atom stereocenters. The fourth-order valence-corrected chi connectivity index (χ4v) is 2.24. The van der Waals surface area contributed by atoms with Gasteiger partial charge in [0.05, 0.1) is 0 Å². The molecule has 1 aromatic rings. The Morgan fingerprint density at radius 1 is 1.17 bits per heavy atom. The average molecular weight is 247 g/mol. The van der Waals surface area contributed by atoms with Gasteiger partial charge in [-0.2, -0.15) is 0 Å². The number of nitrogens with one attached hydrogen (secondary N) is 1. The maximum Gasteiger partial charge on any atom is 0.244 e. The summed E-state index contributed by atoms with van der Waals surface area (Å²) in [4.78, 5) is 11.7. The van der Waals surface area contributed by atoms with Gasteiger partial charge >= 0.3 is 0 Å². The number of amides is 1.